The third-order valence-corrected chi connectivity index (χ3v) is 6.73. The molecule has 0 fully saturated rings. The second-order valence-corrected chi connectivity index (χ2v) is 10.4. The Kier molecular flexibility index (Phi) is 6.66. The second-order valence-electron chi connectivity index (χ2n) is 7.95. The molecule has 0 amide bonds. The smallest absolute Gasteiger partial charge is 0.435 e. The molecule has 182 valence electrons. The van der Waals surface area contributed by atoms with Crippen molar-refractivity contribution in [2.24, 2.45) is 0 Å². The third kappa shape index (κ3) is 5.52. The van der Waals surface area contributed by atoms with Crippen molar-refractivity contribution in [3.05, 3.63) is 94.8 Å². The molecule has 0 aliphatic rings. The first-order valence-corrected chi connectivity index (χ1v) is 12.7. The van der Waals surface area contributed by atoms with E-state index in [0.717, 1.165) is 28.1 Å². The number of sulfone groups is 1. The highest BCUT2D eigenvalue weighted by Crippen LogP contribution is 2.32. The largest absolute Gasteiger partial charge is 0.487 e. The van der Waals surface area contributed by atoms with Crippen LogP contribution in [0.3, 0.4) is 0 Å². The zero-order valence-electron chi connectivity index (χ0n) is 18.7. The number of hydrogen-bond acceptors (Lipinski definition) is 4. The highest BCUT2D eigenvalue weighted by molar-refractivity contribution is 7.90. The fourth-order valence-corrected chi connectivity index (χ4v) is 4.42. The number of rotatable bonds is 6. The molecule has 1 aromatic heterocycles. The summed E-state index contributed by atoms with van der Waals surface area (Å²) in [6.07, 6.45) is -3.48. The molecule has 5 nitrogen and oxygen atoms in total. The minimum atomic E-state index is -4.63. The molecule has 1 heterocycles. The maximum absolute atomic E-state index is 13.3. The highest BCUT2D eigenvalue weighted by Gasteiger charge is 2.35. The highest BCUT2D eigenvalue weighted by atomic mass is 35.5. The molecule has 0 saturated heterocycles. The van der Waals surface area contributed by atoms with Crippen molar-refractivity contribution >= 4 is 21.4 Å². The first kappa shape index (κ1) is 24.8. The van der Waals surface area contributed by atoms with E-state index in [0.29, 0.717) is 17.0 Å². The number of halogens is 4. The zero-order chi connectivity index (χ0) is 25.4. The van der Waals surface area contributed by atoms with Crippen LogP contribution in [0.5, 0.6) is 5.75 Å². The molecule has 4 aromatic rings. The summed E-state index contributed by atoms with van der Waals surface area (Å²) in [6, 6.07) is 19.3. The summed E-state index contributed by atoms with van der Waals surface area (Å²) in [5, 5.41) is 3.96. The van der Waals surface area contributed by atoms with Crippen LogP contribution in [0, 0.1) is 6.92 Å². The number of aromatic nitrogens is 2. The van der Waals surface area contributed by atoms with Gasteiger partial charge >= 0.3 is 6.18 Å². The Morgan fingerprint density at radius 3 is 2.34 bits per heavy atom. The van der Waals surface area contributed by atoms with Crippen LogP contribution in [0.2, 0.25) is 5.02 Å². The second kappa shape index (κ2) is 9.39. The van der Waals surface area contributed by atoms with Crippen molar-refractivity contribution in [3.63, 3.8) is 0 Å². The Hall–Kier alpha value is -3.30. The molecule has 0 atom stereocenters. The van der Waals surface area contributed by atoms with Gasteiger partial charge in [-0.15, -0.1) is 0 Å². The van der Waals surface area contributed by atoms with Crippen LogP contribution in [-0.4, -0.2) is 24.5 Å². The normalized spacial score (nSPS) is 12.1. The van der Waals surface area contributed by atoms with Crippen molar-refractivity contribution in [1.82, 2.24) is 9.78 Å². The molecule has 0 aliphatic heterocycles. The molecule has 0 spiro atoms. The Morgan fingerprint density at radius 2 is 1.69 bits per heavy atom. The summed E-state index contributed by atoms with van der Waals surface area (Å²) in [5.74, 6) is 0.466. The molecular formula is C25H20ClF3N2O3S. The monoisotopic (exact) mass is 520 g/mol. The molecule has 0 saturated carbocycles. The third-order valence-electron chi connectivity index (χ3n) is 5.30. The van der Waals surface area contributed by atoms with Gasteiger partial charge in [0.05, 0.1) is 21.3 Å². The van der Waals surface area contributed by atoms with E-state index < -0.39 is 21.7 Å². The van der Waals surface area contributed by atoms with Gasteiger partial charge in [-0.05, 0) is 66.1 Å². The number of hydrogen-bond donors (Lipinski definition) is 0. The maximum atomic E-state index is 13.3. The summed E-state index contributed by atoms with van der Waals surface area (Å²) < 4.78 is 70.8. The topological polar surface area (TPSA) is 61.2 Å². The van der Waals surface area contributed by atoms with E-state index in [4.69, 9.17) is 16.3 Å². The van der Waals surface area contributed by atoms with Crippen molar-refractivity contribution in [2.45, 2.75) is 24.6 Å². The van der Waals surface area contributed by atoms with E-state index in [9.17, 15) is 21.6 Å². The van der Waals surface area contributed by atoms with Crippen LogP contribution in [0.25, 0.3) is 16.8 Å². The molecule has 0 N–H and O–H groups in total. The zero-order valence-corrected chi connectivity index (χ0v) is 20.2. The van der Waals surface area contributed by atoms with Crippen LogP contribution >= 0.6 is 11.6 Å². The SMILES string of the molecule is Cc1cc(-c2cccc(S(C)(=O)=O)c2)ccc1OCc1cc(C(F)(F)F)nn1-c1ccccc1Cl. The molecule has 0 aliphatic carbocycles. The van der Waals surface area contributed by atoms with Crippen LogP contribution < -0.4 is 4.74 Å². The van der Waals surface area contributed by atoms with Crippen LogP contribution in [0.1, 0.15) is 17.0 Å². The van der Waals surface area contributed by atoms with Crippen LogP contribution in [-0.2, 0) is 22.6 Å². The van der Waals surface area contributed by atoms with Gasteiger partial charge in [0.15, 0.2) is 15.5 Å². The van der Waals surface area contributed by atoms with Crippen molar-refractivity contribution < 1.29 is 26.3 Å². The van der Waals surface area contributed by atoms with Gasteiger partial charge in [-0.1, -0.05) is 41.9 Å². The van der Waals surface area contributed by atoms with Gasteiger partial charge in [0.1, 0.15) is 12.4 Å². The van der Waals surface area contributed by atoms with E-state index in [2.05, 4.69) is 5.10 Å². The lowest BCUT2D eigenvalue weighted by Gasteiger charge is -2.13. The number of aryl methyl sites for hydroxylation is 1. The predicted molar refractivity (Wildman–Crippen MR) is 128 cm³/mol. The lowest BCUT2D eigenvalue weighted by molar-refractivity contribution is -0.141. The number of ether oxygens (including phenoxy) is 1. The first-order valence-electron chi connectivity index (χ1n) is 10.4. The van der Waals surface area contributed by atoms with Crippen molar-refractivity contribution in [3.8, 4) is 22.6 Å². The molecule has 0 radical (unpaired) electrons. The Labute approximate surface area is 205 Å². The Morgan fingerprint density at radius 1 is 0.971 bits per heavy atom. The summed E-state index contributed by atoms with van der Waals surface area (Å²) in [7, 11) is -3.35. The molecule has 0 bridgehead atoms. The van der Waals surface area contributed by atoms with Gasteiger partial charge in [0.2, 0.25) is 0 Å². The summed E-state index contributed by atoms with van der Waals surface area (Å²) >= 11 is 6.19. The van der Waals surface area contributed by atoms with Gasteiger partial charge in [0, 0.05) is 6.26 Å². The standard InChI is InChI=1S/C25H20ClF3N2O3S/c1-16-12-18(17-6-5-7-20(13-17)35(2,32)33)10-11-23(16)34-15-19-14-24(25(27,28)29)30-31(19)22-9-4-3-8-21(22)26/h3-14H,15H2,1-2H3. The lowest BCUT2D eigenvalue weighted by Crippen LogP contribution is -2.09. The Balaban J connectivity index is 1.62. The summed E-state index contributed by atoms with van der Waals surface area (Å²) in [6.45, 7) is 1.61. The molecular weight excluding hydrogens is 501 g/mol. The molecule has 3 aromatic carbocycles. The molecule has 4 rings (SSSR count). The number of alkyl halides is 3. The summed E-state index contributed by atoms with van der Waals surface area (Å²) in [5.41, 5.74) is 1.66. The quantitative estimate of drug-likeness (QED) is 0.291. The fourth-order valence-electron chi connectivity index (χ4n) is 3.54. The average Bonchev–Trinajstić information content (AvgIpc) is 3.23. The Bertz CT molecular complexity index is 1500. The van der Waals surface area contributed by atoms with Crippen molar-refractivity contribution in [1.29, 1.82) is 0 Å². The van der Waals surface area contributed by atoms with Gasteiger partial charge in [0.25, 0.3) is 0 Å². The maximum Gasteiger partial charge on any atom is 0.435 e. The van der Waals surface area contributed by atoms with Crippen LogP contribution in [0.15, 0.2) is 77.7 Å². The molecule has 35 heavy (non-hydrogen) atoms. The number of para-hydroxylation sites is 1. The van der Waals surface area contributed by atoms with Gasteiger partial charge in [-0.3, -0.25) is 0 Å². The first-order chi connectivity index (χ1) is 16.4. The van der Waals surface area contributed by atoms with E-state index in [1.165, 1.54) is 6.07 Å². The number of nitrogens with zero attached hydrogens (tertiary/aromatic N) is 2. The predicted octanol–water partition coefficient (Wildman–Crippen LogP) is 6.50. The molecule has 0 unspecified atom stereocenters. The van der Waals surface area contributed by atoms with Crippen molar-refractivity contribution in [2.75, 3.05) is 6.26 Å². The van der Waals surface area contributed by atoms with Gasteiger partial charge in [-0.2, -0.15) is 18.3 Å². The number of benzene rings is 3. The fraction of sp³-hybridized carbons (Fsp3) is 0.160. The van der Waals surface area contributed by atoms with Gasteiger partial charge in [-0.25, -0.2) is 13.1 Å². The van der Waals surface area contributed by atoms with Gasteiger partial charge < -0.3 is 4.74 Å². The van der Waals surface area contributed by atoms with E-state index in [1.807, 2.05) is 6.07 Å². The van der Waals surface area contributed by atoms with E-state index in [-0.39, 0.29) is 22.2 Å². The average molecular weight is 521 g/mol. The minimum Gasteiger partial charge on any atom is -0.487 e. The summed E-state index contributed by atoms with van der Waals surface area (Å²) in [4.78, 5) is 0.210. The lowest BCUT2D eigenvalue weighted by atomic mass is 10.0. The van der Waals surface area contributed by atoms with E-state index in [1.54, 1.807) is 61.5 Å². The van der Waals surface area contributed by atoms with E-state index >= 15 is 0 Å². The van der Waals surface area contributed by atoms with Crippen LogP contribution in [0.4, 0.5) is 13.2 Å². The minimum absolute atomic E-state index is 0.176. The molecule has 10 heteroatoms.